The van der Waals surface area contributed by atoms with Crippen LogP contribution in [0.15, 0.2) is 176 Å². The summed E-state index contributed by atoms with van der Waals surface area (Å²) in [5.41, 5.74) is 2.41. The summed E-state index contributed by atoms with van der Waals surface area (Å²) < 4.78 is 138. The third kappa shape index (κ3) is 6.64. The fraction of sp³-hybridized carbons (Fsp3) is 0.100. The first-order valence-corrected chi connectivity index (χ1v) is 21.1. The summed E-state index contributed by atoms with van der Waals surface area (Å²) >= 11 is 0. The van der Waals surface area contributed by atoms with Crippen LogP contribution in [0.25, 0.3) is 94.5 Å². The second kappa shape index (κ2) is 16.0. The molecule has 11 aromatic rings. The smallest absolute Gasteiger partial charge is 0.268 e. The van der Waals surface area contributed by atoms with Crippen molar-refractivity contribution < 1.29 is 49.6 Å². The van der Waals surface area contributed by atoms with E-state index in [9.17, 15) is 5.48 Å². The van der Waals surface area contributed by atoms with E-state index in [0.29, 0.717) is 22.8 Å². The predicted octanol–water partition coefficient (Wildman–Crippen LogP) is 14.5. The predicted molar refractivity (Wildman–Crippen MR) is 263 cm³/mol. The van der Waals surface area contributed by atoms with Gasteiger partial charge in [-0.25, -0.2) is 4.98 Å². The first-order chi connectivity index (χ1) is 37.4. The van der Waals surface area contributed by atoms with Gasteiger partial charge in [0, 0.05) is 52.5 Å². The Morgan fingerprint density at radius 1 is 0.621 bits per heavy atom. The molecular formula is C60H44N4OPt-2. The molecule has 12 rings (SSSR count). The Bertz CT molecular complexity index is 4390. The SMILES string of the molecule is [2H]c1c([2H])c([2H])c2c(c1[2H])-c1cccc(-c3c(C([2H])([2H])[2H])cccc3C([2H])([2H])[2H])c1-[n+]1[c-]n(-c3[c-]c(Oc4[c-]c5c(cc4)c4ccccc4n5-c4cc(C(C)(C)C)ccn4)ccc3)c3cccc(c31)-c1c([2H])c([2H])c([2H])c([2H])c1-2.[Pt]. The molecule has 0 saturated heterocycles. The Morgan fingerprint density at radius 3 is 2.02 bits per heavy atom. The van der Waals surface area contributed by atoms with E-state index in [-0.39, 0.29) is 99.1 Å². The minimum atomic E-state index is -2.87. The summed E-state index contributed by atoms with van der Waals surface area (Å²) in [5, 5.41) is 1.94. The van der Waals surface area contributed by atoms with Crippen molar-refractivity contribution in [1.82, 2.24) is 14.1 Å². The van der Waals surface area contributed by atoms with Crippen LogP contribution < -0.4 is 9.30 Å². The number of hydrogen-bond acceptors (Lipinski definition) is 2. The zero-order chi connectivity index (χ0) is 55.9. The summed E-state index contributed by atoms with van der Waals surface area (Å²) in [6.45, 7) is 0.696. The van der Waals surface area contributed by atoms with Crippen molar-refractivity contribution in [2.45, 2.75) is 39.9 Å². The molecule has 8 aromatic carbocycles. The summed E-state index contributed by atoms with van der Waals surface area (Å²) in [6, 6.07) is 36.9. The molecule has 0 amide bonds. The van der Waals surface area contributed by atoms with Crippen LogP contribution in [0, 0.1) is 32.2 Å². The minimum Gasteiger partial charge on any atom is -0.510 e. The molecule has 0 saturated carbocycles. The number of pyridine rings is 1. The molecule has 0 unspecified atom stereocenters. The van der Waals surface area contributed by atoms with Crippen LogP contribution in [0.1, 0.15) is 56.7 Å². The van der Waals surface area contributed by atoms with Crippen LogP contribution in [-0.2, 0) is 26.5 Å². The van der Waals surface area contributed by atoms with Gasteiger partial charge in [0.1, 0.15) is 5.82 Å². The van der Waals surface area contributed by atoms with Crippen molar-refractivity contribution >= 4 is 32.8 Å². The van der Waals surface area contributed by atoms with Crippen molar-refractivity contribution in [3.63, 3.8) is 0 Å². The number of aryl methyl sites for hydroxylation is 2. The molecule has 322 valence electrons. The van der Waals surface area contributed by atoms with Gasteiger partial charge in [-0.3, -0.25) is 4.57 Å². The second-order valence-electron chi connectivity index (χ2n) is 17.0. The van der Waals surface area contributed by atoms with Crippen molar-refractivity contribution in [3.8, 4) is 73.2 Å². The van der Waals surface area contributed by atoms with Gasteiger partial charge >= 0.3 is 0 Å². The van der Waals surface area contributed by atoms with Gasteiger partial charge in [-0.1, -0.05) is 147 Å². The Labute approximate surface area is 419 Å². The molecule has 66 heavy (non-hydrogen) atoms. The Balaban J connectivity index is 0.00000675. The van der Waals surface area contributed by atoms with E-state index in [4.69, 9.17) is 23.4 Å². The van der Waals surface area contributed by atoms with Crippen LogP contribution in [0.3, 0.4) is 0 Å². The Morgan fingerprint density at radius 2 is 1.26 bits per heavy atom. The second-order valence-corrected chi connectivity index (χ2v) is 17.0. The van der Waals surface area contributed by atoms with Gasteiger partial charge in [-0.05, 0) is 110 Å². The molecular weight excluding hydrogens is 988 g/mol. The molecule has 1 aliphatic rings. The maximum atomic E-state index is 9.61. The number of para-hydroxylation sites is 3. The molecule has 0 fully saturated rings. The standard InChI is InChI=1S/C60H44N4O.Pt/c1-38-16-12-17-39(2)57(38)52-27-14-25-50-46-22-8-6-20-44(46)45-21-7-9-23-47(45)51-26-15-29-54-59(51)63(58(50)52)37-62(54)41-18-13-19-42(35-41)65-43-30-31-49-48-24-10-11-28-53(48)64(55(49)36-43)56-34-40(32-33-61-56)60(3,4)5;/h6-34H,1-5H3;/q-2;/i1D3,2D3,6D,7D,8D,9D,20D,21D,22D,23D;. The number of hydrogen-bond donors (Lipinski definition) is 0. The molecule has 0 spiro atoms. The van der Waals surface area contributed by atoms with Gasteiger partial charge < -0.3 is 13.9 Å². The Hall–Kier alpha value is -7.33. The summed E-state index contributed by atoms with van der Waals surface area (Å²) in [5.74, 6) is 1.34. The first kappa shape index (κ1) is 28.5. The van der Waals surface area contributed by atoms with Gasteiger partial charge in [0.05, 0.1) is 27.7 Å². The van der Waals surface area contributed by atoms with E-state index in [1.165, 1.54) is 24.3 Å². The quantitative estimate of drug-likeness (QED) is 0.127. The third-order valence-corrected chi connectivity index (χ3v) is 12.0. The van der Waals surface area contributed by atoms with Crippen LogP contribution in [0.2, 0.25) is 0 Å². The molecule has 1 aliphatic heterocycles. The van der Waals surface area contributed by atoms with E-state index >= 15 is 0 Å². The maximum absolute atomic E-state index is 9.61. The van der Waals surface area contributed by atoms with E-state index < -0.39 is 62.0 Å². The van der Waals surface area contributed by atoms with Crippen molar-refractivity contribution in [2.75, 3.05) is 0 Å². The van der Waals surface area contributed by atoms with Crippen molar-refractivity contribution in [1.29, 1.82) is 0 Å². The summed E-state index contributed by atoms with van der Waals surface area (Å²) in [4.78, 5) is 4.81. The monoisotopic (exact) mass is 1050 g/mol. The molecule has 3 aromatic heterocycles. The van der Waals surface area contributed by atoms with E-state index in [1.807, 2.05) is 36.4 Å². The van der Waals surface area contributed by atoms with Crippen LogP contribution in [0.4, 0.5) is 0 Å². The number of ether oxygens (including phenoxy) is 1. The maximum Gasteiger partial charge on any atom is 0.268 e. The largest absolute Gasteiger partial charge is 0.510 e. The third-order valence-electron chi connectivity index (χ3n) is 12.0. The average Bonchev–Trinajstić information content (AvgIpc) is 4.07. The van der Waals surface area contributed by atoms with Crippen molar-refractivity contribution in [3.05, 3.63) is 211 Å². The molecule has 0 radical (unpaired) electrons. The number of fused-ring (bicyclic) bond motifs is 10. The zero-order valence-electron chi connectivity index (χ0n) is 49.6. The summed E-state index contributed by atoms with van der Waals surface area (Å²) in [6.07, 6.45) is 5.25. The van der Waals surface area contributed by atoms with Gasteiger partial charge in [0.15, 0.2) is 0 Å². The van der Waals surface area contributed by atoms with Crippen LogP contribution in [-0.4, -0.2) is 14.1 Å². The number of aromatic nitrogens is 4. The van der Waals surface area contributed by atoms with Gasteiger partial charge in [-0.15, -0.1) is 29.7 Å². The van der Waals surface area contributed by atoms with Crippen LogP contribution >= 0.6 is 0 Å². The summed E-state index contributed by atoms with van der Waals surface area (Å²) in [7, 11) is 0. The van der Waals surface area contributed by atoms with E-state index in [0.717, 1.165) is 27.4 Å². The van der Waals surface area contributed by atoms with E-state index in [1.54, 1.807) is 63.9 Å². The molecule has 0 N–H and O–H groups in total. The zero-order valence-corrected chi connectivity index (χ0v) is 37.9. The number of nitrogens with zero attached hydrogens (tertiary/aromatic N) is 4. The molecule has 4 heterocycles. The average molecular weight is 1050 g/mol. The Kier molecular flexibility index (Phi) is 6.91. The first-order valence-electron chi connectivity index (χ1n) is 28.1. The van der Waals surface area contributed by atoms with Crippen LogP contribution in [0.5, 0.6) is 11.5 Å². The molecule has 0 bridgehead atoms. The molecule has 0 aliphatic carbocycles. The van der Waals surface area contributed by atoms with E-state index in [2.05, 4.69) is 55.9 Å². The van der Waals surface area contributed by atoms with Crippen molar-refractivity contribution in [2.24, 2.45) is 0 Å². The number of rotatable bonds is 5. The normalized spacial score (nSPS) is 15.3. The topological polar surface area (TPSA) is 35.9 Å². The van der Waals surface area contributed by atoms with Gasteiger partial charge in [0.25, 0.3) is 6.33 Å². The number of benzene rings is 8. The number of imidazole rings is 1. The van der Waals surface area contributed by atoms with Gasteiger partial charge in [0.2, 0.25) is 0 Å². The fourth-order valence-electron chi connectivity index (χ4n) is 9.06. The molecule has 0 atom stereocenters. The minimum absolute atomic E-state index is 0. The molecule has 5 nitrogen and oxygen atoms in total. The molecule has 6 heteroatoms. The van der Waals surface area contributed by atoms with Gasteiger partial charge in [-0.2, -0.15) is 18.2 Å². The fourth-order valence-corrected chi connectivity index (χ4v) is 9.06.